The predicted octanol–water partition coefficient (Wildman–Crippen LogP) is 5.86. The fourth-order valence-corrected chi connectivity index (χ4v) is 2.48. The fraction of sp³-hybridized carbons (Fsp3) is 0.158. The van der Waals surface area contributed by atoms with Crippen LogP contribution < -0.4 is 0 Å². The smallest absolute Gasteiger partial charge is 0.416 e. The van der Waals surface area contributed by atoms with Crippen molar-refractivity contribution in [2.45, 2.75) is 19.5 Å². The van der Waals surface area contributed by atoms with Crippen molar-refractivity contribution in [2.24, 2.45) is 0 Å². The third-order valence-electron chi connectivity index (χ3n) is 3.75. The number of furan rings is 1. The molecule has 1 heterocycles. The van der Waals surface area contributed by atoms with E-state index in [1.54, 1.807) is 0 Å². The molecule has 0 N–H and O–H groups in total. The van der Waals surface area contributed by atoms with Gasteiger partial charge in [-0.25, -0.2) is 0 Å². The normalized spacial score (nSPS) is 11.7. The Labute approximate surface area is 132 Å². The fourth-order valence-electron chi connectivity index (χ4n) is 2.48. The second kappa shape index (κ2) is 5.95. The van der Waals surface area contributed by atoms with Gasteiger partial charge >= 0.3 is 6.18 Å². The molecule has 0 unspecified atom stereocenters. The Bertz CT molecular complexity index is 784. The first-order chi connectivity index (χ1) is 10.9. The molecule has 0 saturated heterocycles. The molecule has 0 saturated carbocycles. The SMILES string of the molecule is Cc1oc(-c2ccc(C(F)(F)F)cc2)cc1Cc1ccccc1. The van der Waals surface area contributed by atoms with Gasteiger partial charge in [-0.05, 0) is 36.2 Å². The van der Waals surface area contributed by atoms with Gasteiger partial charge < -0.3 is 4.42 Å². The molecule has 0 aliphatic carbocycles. The van der Waals surface area contributed by atoms with E-state index in [1.165, 1.54) is 12.1 Å². The minimum absolute atomic E-state index is 0.585. The largest absolute Gasteiger partial charge is 0.461 e. The highest BCUT2D eigenvalue weighted by atomic mass is 19.4. The third-order valence-corrected chi connectivity index (χ3v) is 3.75. The van der Waals surface area contributed by atoms with Crippen LogP contribution in [0.5, 0.6) is 0 Å². The lowest BCUT2D eigenvalue weighted by Gasteiger charge is -2.06. The molecule has 118 valence electrons. The Morgan fingerprint density at radius 2 is 1.57 bits per heavy atom. The van der Waals surface area contributed by atoms with Crippen molar-refractivity contribution >= 4 is 0 Å². The molecule has 1 nitrogen and oxygen atoms in total. The molecule has 23 heavy (non-hydrogen) atoms. The molecule has 3 aromatic rings. The quantitative estimate of drug-likeness (QED) is 0.589. The summed E-state index contributed by atoms with van der Waals surface area (Å²) in [6.07, 6.45) is -3.59. The van der Waals surface area contributed by atoms with E-state index in [9.17, 15) is 13.2 Å². The number of hydrogen-bond acceptors (Lipinski definition) is 1. The average molecular weight is 316 g/mol. The standard InChI is InChI=1S/C19H15F3O/c1-13-16(11-14-5-3-2-4-6-14)12-18(23-13)15-7-9-17(10-8-15)19(20,21)22/h2-10,12H,11H2,1H3. The molecule has 4 heteroatoms. The maximum absolute atomic E-state index is 12.6. The van der Waals surface area contributed by atoms with Crippen LogP contribution in [0.15, 0.2) is 65.1 Å². The van der Waals surface area contributed by atoms with Crippen molar-refractivity contribution in [3.8, 4) is 11.3 Å². The van der Waals surface area contributed by atoms with Gasteiger partial charge in [0.1, 0.15) is 11.5 Å². The summed E-state index contributed by atoms with van der Waals surface area (Å²) in [7, 11) is 0. The second-order valence-electron chi connectivity index (χ2n) is 5.43. The van der Waals surface area contributed by atoms with E-state index in [1.807, 2.05) is 43.3 Å². The molecule has 0 amide bonds. The van der Waals surface area contributed by atoms with E-state index in [-0.39, 0.29) is 0 Å². The van der Waals surface area contributed by atoms with Crippen molar-refractivity contribution in [2.75, 3.05) is 0 Å². The summed E-state index contributed by atoms with van der Waals surface area (Å²) in [6, 6.07) is 16.9. The average Bonchev–Trinajstić information content (AvgIpc) is 2.89. The molecule has 0 fully saturated rings. The molecule has 0 bridgehead atoms. The van der Waals surface area contributed by atoms with Gasteiger partial charge in [-0.3, -0.25) is 0 Å². The number of halogens is 3. The predicted molar refractivity (Wildman–Crippen MR) is 83.1 cm³/mol. The molecule has 2 aromatic carbocycles. The zero-order valence-electron chi connectivity index (χ0n) is 12.5. The first kappa shape index (κ1) is 15.4. The lowest BCUT2D eigenvalue weighted by atomic mass is 10.0. The number of benzene rings is 2. The van der Waals surface area contributed by atoms with E-state index >= 15 is 0 Å². The van der Waals surface area contributed by atoms with E-state index in [2.05, 4.69) is 0 Å². The van der Waals surface area contributed by atoms with Gasteiger partial charge in [0.2, 0.25) is 0 Å². The van der Waals surface area contributed by atoms with Crippen molar-refractivity contribution in [3.63, 3.8) is 0 Å². The van der Waals surface area contributed by atoms with Gasteiger partial charge in [0, 0.05) is 12.0 Å². The lowest BCUT2D eigenvalue weighted by molar-refractivity contribution is -0.137. The maximum atomic E-state index is 12.6. The zero-order valence-corrected chi connectivity index (χ0v) is 12.5. The minimum atomic E-state index is -4.32. The highest BCUT2D eigenvalue weighted by molar-refractivity contribution is 5.59. The molecule has 0 radical (unpaired) electrons. The van der Waals surface area contributed by atoms with Crippen LogP contribution in [0.25, 0.3) is 11.3 Å². The zero-order chi connectivity index (χ0) is 16.4. The van der Waals surface area contributed by atoms with Crippen LogP contribution >= 0.6 is 0 Å². The summed E-state index contributed by atoms with van der Waals surface area (Å²) in [4.78, 5) is 0. The van der Waals surface area contributed by atoms with E-state index in [0.717, 1.165) is 35.4 Å². The van der Waals surface area contributed by atoms with E-state index in [0.29, 0.717) is 11.3 Å². The number of alkyl halides is 3. The van der Waals surface area contributed by atoms with Crippen LogP contribution in [-0.4, -0.2) is 0 Å². The molecule has 3 rings (SSSR count). The third kappa shape index (κ3) is 3.47. The first-order valence-corrected chi connectivity index (χ1v) is 7.24. The van der Waals surface area contributed by atoms with Gasteiger partial charge in [0.25, 0.3) is 0 Å². The van der Waals surface area contributed by atoms with Crippen molar-refractivity contribution in [1.82, 2.24) is 0 Å². The Morgan fingerprint density at radius 3 is 2.17 bits per heavy atom. The Kier molecular flexibility index (Phi) is 3.99. The Balaban J connectivity index is 1.86. The van der Waals surface area contributed by atoms with Gasteiger partial charge in [-0.15, -0.1) is 0 Å². The number of rotatable bonds is 3. The van der Waals surface area contributed by atoms with E-state index in [4.69, 9.17) is 4.42 Å². The highest BCUT2D eigenvalue weighted by Crippen LogP contribution is 2.32. The van der Waals surface area contributed by atoms with Crippen LogP contribution in [0.1, 0.15) is 22.5 Å². The second-order valence-corrected chi connectivity index (χ2v) is 5.43. The Morgan fingerprint density at radius 1 is 0.913 bits per heavy atom. The van der Waals surface area contributed by atoms with Crippen LogP contribution in [-0.2, 0) is 12.6 Å². The van der Waals surface area contributed by atoms with Crippen LogP contribution in [0.2, 0.25) is 0 Å². The number of aryl methyl sites for hydroxylation is 1. The van der Waals surface area contributed by atoms with Crippen molar-refractivity contribution < 1.29 is 17.6 Å². The molecule has 0 aliphatic heterocycles. The molecular formula is C19H15F3O. The van der Waals surface area contributed by atoms with Gasteiger partial charge in [-0.1, -0.05) is 42.5 Å². The van der Waals surface area contributed by atoms with Crippen molar-refractivity contribution in [3.05, 3.63) is 83.1 Å². The van der Waals surface area contributed by atoms with Gasteiger partial charge in [-0.2, -0.15) is 13.2 Å². The molecule has 0 aliphatic rings. The summed E-state index contributed by atoms with van der Waals surface area (Å²) in [5, 5.41) is 0. The van der Waals surface area contributed by atoms with Crippen molar-refractivity contribution in [1.29, 1.82) is 0 Å². The summed E-state index contributed by atoms with van der Waals surface area (Å²) in [5.74, 6) is 1.37. The van der Waals surface area contributed by atoms with E-state index < -0.39 is 11.7 Å². The van der Waals surface area contributed by atoms with Gasteiger partial charge in [0.15, 0.2) is 0 Å². The topological polar surface area (TPSA) is 13.1 Å². The summed E-state index contributed by atoms with van der Waals surface area (Å²) in [6.45, 7) is 1.87. The summed E-state index contributed by atoms with van der Waals surface area (Å²) in [5.41, 5.74) is 2.18. The maximum Gasteiger partial charge on any atom is 0.416 e. The van der Waals surface area contributed by atoms with Gasteiger partial charge in [0.05, 0.1) is 5.56 Å². The molecule has 0 spiro atoms. The van der Waals surface area contributed by atoms with Crippen LogP contribution in [0.3, 0.4) is 0 Å². The Hall–Kier alpha value is -2.49. The van der Waals surface area contributed by atoms with Crippen LogP contribution in [0, 0.1) is 6.92 Å². The summed E-state index contributed by atoms with van der Waals surface area (Å²) >= 11 is 0. The monoisotopic (exact) mass is 316 g/mol. The molecule has 1 aromatic heterocycles. The lowest BCUT2D eigenvalue weighted by Crippen LogP contribution is -2.03. The molecule has 0 atom stereocenters. The van der Waals surface area contributed by atoms with Crippen LogP contribution in [0.4, 0.5) is 13.2 Å². The minimum Gasteiger partial charge on any atom is -0.461 e. The molecular weight excluding hydrogens is 301 g/mol. The number of hydrogen-bond donors (Lipinski definition) is 0. The summed E-state index contributed by atoms with van der Waals surface area (Å²) < 4.78 is 43.5. The highest BCUT2D eigenvalue weighted by Gasteiger charge is 2.30. The first-order valence-electron chi connectivity index (χ1n) is 7.24.